The maximum absolute atomic E-state index is 12.9. The van der Waals surface area contributed by atoms with Crippen molar-refractivity contribution in [2.75, 3.05) is 6.61 Å². The third-order valence-electron chi connectivity index (χ3n) is 11.9. The van der Waals surface area contributed by atoms with Crippen molar-refractivity contribution in [2.45, 2.75) is 114 Å². The first-order valence-electron chi connectivity index (χ1n) is 14.4. The fraction of sp³-hybridized carbons (Fsp3) is 0.862. The molecule has 0 spiro atoms. The highest BCUT2D eigenvalue weighted by Crippen LogP contribution is 2.69. The van der Waals surface area contributed by atoms with Crippen LogP contribution in [0, 0.1) is 34.5 Å². The predicted molar refractivity (Wildman–Crippen MR) is 133 cm³/mol. The van der Waals surface area contributed by atoms with Gasteiger partial charge < -0.3 is 39.4 Å². The molecule has 38 heavy (non-hydrogen) atoms. The largest absolute Gasteiger partial charge is 0.458 e. The number of fused-ring (bicyclic) bond motifs is 5. The van der Waals surface area contributed by atoms with Crippen molar-refractivity contribution >= 4 is 12.3 Å². The molecule has 9 nitrogen and oxygen atoms in total. The normalized spacial score (nSPS) is 54.4. The summed E-state index contributed by atoms with van der Waals surface area (Å²) in [5.74, 6) is 0.0678. The highest BCUT2D eigenvalue weighted by atomic mass is 16.7. The van der Waals surface area contributed by atoms with E-state index in [1.807, 2.05) is 0 Å². The summed E-state index contributed by atoms with van der Waals surface area (Å²) < 4.78 is 17.0. The number of cyclic esters (lactones) is 1. The van der Waals surface area contributed by atoms with Crippen LogP contribution in [0.5, 0.6) is 0 Å². The molecule has 4 aliphatic carbocycles. The molecular formula is C29H42O9. The number of esters is 1. The van der Waals surface area contributed by atoms with E-state index in [2.05, 4.69) is 6.92 Å². The molecule has 0 bridgehead atoms. The molecule has 4 saturated carbocycles. The van der Waals surface area contributed by atoms with Crippen molar-refractivity contribution in [2.24, 2.45) is 34.5 Å². The Kier molecular flexibility index (Phi) is 6.60. The number of carbonyl (C=O) groups is 2. The second kappa shape index (κ2) is 9.35. The Hall–Kier alpha value is -1.36. The van der Waals surface area contributed by atoms with Crippen molar-refractivity contribution < 1.29 is 44.2 Å². The Balaban J connectivity index is 1.19. The van der Waals surface area contributed by atoms with Gasteiger partial charge in [-0.2, -0.15) is 0 Å². The molecule has 2 heterocycles. The second-order valence-electron chi connectivity index (χ2n) is 13.2. The van der Waals surface area contributed by atoms with E-state index in [-0.39, 0.29) is 41.2 Å². The summed E-state index contributed by atoms with van der Waals surface area (Å²) in [5, 5.41) is 42.9. The lowest BCUT2D eigenvalue weighted by molar-refractivity contribution is -0.309. The van der Waals surface area contributed by atoms with Crippen LogP contribution in [0.15, 0.2) is 11.6 Å². The van der Waals surface area contributed by atoms with Crippen molar-refractivity contribution in [3.63, 3.8) is 0 Å². The number of rotatable bonds is 4. The fourth-order valence-corrected chi connectivity index (χ4v) is 9.73. The van der Waals surface area contributed by atoms with Crippen molar-refractivity contribution in [1.82, 2.24) is 0 Å². The lowest BCUT2D eigenvalue weighted by Crippen LogP contribution is -2.63. The number of aldehydes is 1. The van der Waals surface area contributed by atoms with E-state index in [0.29, 0.717) is 32.3 Å². The van der Waals surface area contributed by atoms with Gasteiger partial charge in [-0.15, -0.1) is 0 Å². The predicted octanol–water partition coefficient (Wildman–Crippen LogP) is 1.64. The molecule has 0 radical (unpaired) electrons. The van der Waals surface area contributed by atoms with Gasteiger partial charge in [-0.1, -0.05) is 6.92 Å². The Morgan fingerprint density at radius 2 is 1.79 bits per heavy atom. The topological polar surface area (TPSA) is 143 Å². The number of ether oxygens (including phenoxy) is 3. The summed E-state index contributed by atoms with van der Waals surface area (Å²) >= 11 is 0. The Labute approximate surface area is 223 Å². The lowest BCUT2D eigenvalue weighted by Gasteiger charge is -2.63. The summed E-state index contributed by atoms with van der Waals surface area (Å²) in [5.41, 5.74) is -0.739. The van der Waals surface area contributed by atoms with Crippen LogP contribution >= 0.6 is 0 Å². The van der Waals surface area contributed by atoms with Crippen LogP contribution in [-0.4, -0.2) is 81.7 Å². The zero-order valence-corrected chi connectivity index (χ0v) is 22.3. The molecule has 6 aliphatic rings. The van der Waals surface area contributed by atoms with Gasteiger partial charge in [0.2, 0.25) is 0 Å². The number of hydrogen-bond donors (Lipinski definition) is 4. The van der Waals surface area contributed by atoms with Crippen LogP contribution in [0.4, 0.5) is 0 Å². The second-order valence-corrected chi connectivity index (χ2v) is 13.2. The van der Waals surface area contributed by atoms with Crippen LogP contribution in [-0.2, 0) is 23.8 Å². The molecule has 0 aromatic rings. The molecule has 212 valence electrons. The molecule has 0 amide bonds. The minimum Gasteiger partial charge on any atom is -0.458 e. The first-order valence-corrected chi connectivity index (χ1v) is 14.4. The highest BCUT2D eigenvalue weighted by molar-refractivity contribution is 5.85. The van der Waals surface area contributed by atoms with Crippen molar-refractivity contribution in [1.29, 1.82) is 0 Å². The molecule has 1 saturated heterocycles. The Morgan fingerprint density at radius 3 is 2.50 bits per heavy atom. The van der Waals surface area contributed by atoms with Gasteiger partial charge >= 0.3 is 5.97 Å². The van der Waals surface area contributed by atoms with E-state index in [1.54, 1.807) is 13.0 Å². The Morgan fingerprint density at radius 1 is 1.00 bits per heavy atom. The quantitative estimate of drug-likeness (QED) is 0.240. The number of carbonyl (C=O) groups excluding carboxylic acids is 2. The fourth-order valence-electron chi connectivity index (χ4n) is 9.73. The van der Waals surface area contributed by atoms with E-state index in [4.69, 9.17) is 14.2 Å². The van der Waals surface area contributed by atoms with Gasteiger partial charge in [-0.3, -0.25) is 0 Å². The van der Waals surface area contributed by atoms with Crippen LogP contribution in [0.25, 0.3) is 0 Å². The van der Waals surface area contributed by atoms with Gasteiger partial charge in [0.1, 0.15) is 31.2 Å². The first kappa shape index (κ1) is 26.8. The third-order valence-corrected chi connectivity index (χ3v) is 11.9. The smallest absolute Gasteiger partial charge is 0.331 e. The molecule has 4 N–H and O–H groups in total. The lowest BCUT2D eigenvalue weighted by atomic mass is 9.43. The monoisotopic (exact) mass is 534 g/mol. The third kappa shape index (κ3) is 3.72. The van der Waals surface area contributed by atoms with Gasteiger partial charge in [-0.25, -0.2) is 4.79 Å². The van der Waals surface area contributed by atoms with Crippen LogP contribution in [0.3, 0.4) is 0 Å². The van der Waals surface area contributed by atoms with Gasteiger partial charge in [0.05, 0.1) is 17.8 Å². The van der Waals surface area contributed by atoms with E-state index < -0.39 is 41.7 Å². The first-order chi connectivity index (χ1) is 18.0. The zero-order valence-electron chi connectivity index (χ0n) is 22.3. The summed E-state index contributed by atoms with van der Waals surface area (Å²) in [6, 6.07) is 0. The minimum atomic E-state index is -1.34. The molecule has 0 unspecified atom stereocenters. The SMILES string of the molecule is C[C@@H]1O[C@H](O[C@H]2CC[C@@]3(C=O)[C@H](CC[C@H]4[C@H]3CC[C@]3(C)[C@@H](C5=CC(=O)OC5)CC[C@]43O)C2)[C@@H](O)[C@H](O)[C@H]1O. The molecular weight excluding hydrogens is 492 g/mol. The van der Waals surface area contributed by atoms with E-state index in [9.17, 15) is 30.0 Å². The average Bonchev–Trinajstić information content (AvgIpc) is 3.45. The molecule has 9 heteroatoms. The summed E-state index contributed by atoms with van der Waals surface area (Å²) in [6.07, 6.45) is 3.80. The molecule has 0 aromatic heterocycles. The number of aliphatic hydroxyl groups is 4. The van der Waals surface area contributed by atoms with Gasteiger partial charge in [0, 0.05) is 16.9 Å². The average molecular weight is 535 g/mol. The van der Waals surface area contributed by atoms with Gasteiger partial charge in [0.15, 0.2) is 6.29 Å². The molecule has 0 aromatic carbocycles. The molecule has 6 rings (SSSR count). The number of aliphatic hydroxyl groups excluding tert-OH is 3. The maximum Gasteiger partial charge on any atom is 0.331 e. The standard InChI is InChI=1S/C29H42O9/c1-15-23(32)24(33)25(34)26(37-15)38-18-5-9-28(14-30)17(12-18)3-4-21-20(28)6-8-27(2)19(7-10-29(21,27)35)16-11-22(31)36-13-16/h11,14-15,17-21,23-26,32-35H,3-10,12-13H2,1-2H3/t15-,17+,18-,19+,20+,21-,23-,24+,25-,26+,27+,28+,29-/m0/s1. The number of hydrogen-bond acceptors (Lipinski definition) is 9. The summed E-state index contributed by atoms with van der Waals surface area (Å²) in [6.45, 7) is 4.13. The van der Waals surface area contributed by atoms with E-state index in [0.717, 1.165) is 37.7 Å². The molecule has 2 aliphatic heterocycles. The van der Waals surface area contributed by atoms with Crippen LogP contribution < -0.4 is 0 Å². The van der Waals surface area contributed by atoms with Crippen molar-refractivity contribution in [3.05, 3.63) is 11.6 Å². The van der Waals surface area contributed by atoms with E-state index >= 15 is 0 Å². The van der Waals surface area contributed by atoms with Crippen LogP contribution in [0.1, 0.15) is 71.6 Å². The van der Waals surface area contributed by atoms with Crippen molar-refractivity contribution in [3.8, 4) is 0 Å². The molecule has 13 atom stereocenters. The van der Waals surface area contributed by atoms with Crippen LogP contribution in [0.2, 0.25) is 0 Å². The highest BCUT2D eigenvalue weighted by Gasteiger charge is 2.68. The van der Waals surface area contributed by atoms with Gasteiger partial charge in [0.25, 0.3) is 0 Å². The zero-order chi connectivity index (χ0) is 27.0. The van der Waals surface area contributed by atoms with Gasteiger partial charge in [-0.05, 0) is 94.0 Å². The summed E-state index contributed by atoms with van der Waals surface area (Å²) in [4.78, 5) is 24.7. The van der Waals surface area contributed by atoms with E-state index in [1.165, 1.54) is 6.29 Å². The Bertz CT molecular complexity index is 999. The summed E-state index contributed by atoms with van der Waals surface area (Å²) in [7, 11) is 0. The molecule has 5 fully saturated rings. The minimum absolute atomic E-state index is 0.0322. The maximum atomic E-state index is 12.9.